The van der Waals surface area contributed by atoms with Crippen LogP contribution in [0.5, 0.6) is 5.75 Å². The molecule has 1 aliphatic heterocycles. The third kappa shape index (κ3) is 5.35. The maximum atomic E-state index is 12.7. The van der Waals surface area contributed by atoms with Crippen molar-refractivity contribution in [1.29, 1.82) is 0 Å². The fraction of sp³-hybridized carbons (Fsp3) is 0.273. The van der Waals surface area contributed by atoms with Gasteiger partial charge in [0.25, 0.3) is 5.91 Å². The van der Waals surface area contributed by atoms with Crippen LogP contribution in [-0.4, -0.2) is 47.2 Å². The van der Waals surface area contributed by atoms with Gasteiger partial charge in [-0.1, -0.05) is 22.9 Å². The van der Waals surface area contributed by atoms with Crippen LogP contribution in [-0.2, 0) is 0 Å². The number of aromatic nitrogens is 2. The second kappa shape index (κ2) is 9.97. The van der Waals surface area contributed by atoms with Gasteiger partial charge in [0, 0.05) is 35.4 Å². The molecule has 0 aliphatic carbocycles. The van der Waals surface area contributed by atoms with E-state index in [9.17, 15) is 9.59 Å². The average molecular weight is 472 g/mol. The molecule has 1 atom stereocenters. The summed E-state index contributed by atoms with van der Waals surface area (Å²) in [5.74, 6) is 0.440. The van der Waals surface area contributed by atoms with Crippen LogP contribution < -0.4 is 15.4 Å². The predicted molar refractivity (Wildman–Crippen MR) is 125 cm³/mol. The Morgan fingerprint density at radius 3 is 2.47 bits per heavy atom. The molecule has 1 fully saturated rings. The zero-order chi connectivity index (χ0) is 22.5. The van der Waals surface area contributed by atoms with Gasteiger partial charge in [0.1, 0.15) is 10.8 Å². The normalized spacial score (nSPS) is 15.8. The molecule has 2 N–H and O–H groups in total. The second-order valence-electron chi connectivity index (χ2n) is 7.35. The fourth-order valence-electron chi connectivity index (χ4n) is 3.45. The molecule has 2 aromatic carbocycles. The zero-order valence-electron chi connectivity index (χ0n) is 17.4. The van der Waals surface area contributed by atoms with Crippen LogP contribution in [0.25, 0.3) is 0 Å². The van der Waals surface area contributed by atoms with Gasteiger partial charge in [0.2, 0.25) is 5.01 Å². The third-order valence-electron chi connectivity index (χ3n) is 5.14. The molecule has 4 rings (SSSR count). The highest BCUT2D eigenvalue weighted by molar-refractivity contribution is 7.13. The van der Waals surface area contributed by atoms with Gasteiger partial charge in [0.15, 0.2) is 0 Å². The van der Waals surface area contributed by atoms with Gasteiger partial charge in [-0.15, -0.1) is 10.2 Å². The van der Waals surface area contributed by atoms with Gasteiger partial charge >= 0.3 is 6.03 Å². The highest BCUT2D eigenvalue weighted by Gasteiger charge is 2.28. The topological polar surface area (TPSA) is 96.4 Å². The second-order valence-corrected chi connectivity index (χ2v) is 8.80. The Hall–Kier alpha value is -3.17. The van der Waals surface area contributed by atoms with E-state index in [1.54, 1.807) is 60.5 Å². The van der Waals surface area contributed by atoms with Gasteiger partial charge in [0.05, 0.1) is 7.11 Å². The fourth-order valence-corrected chi connectivity index (χ4v) is 4.44. The molecule has 1 aliphatic rings. The van der Waals surface area contributed by atoms with Crippen molar-refractivity contribution in [1.82, 2.24) is 15.1 Å². The number of benzene rings is 2. The maximum absolute atomic E-state index is 12.7. The number of ether oxygens (including phenoxy) is 1. The van der Waals surface area contributed by atoms with E-state index in [-0.39, 0.29) is 17.9 Å². The summed E-state index contributed by atoms with van der Waals surface area (Å²) in [7, 11) is 1.59. The summed E-state index contributed by atoms with van der Waals surface area (Å²) in [4.78, 5) is 27.0. The number of halogens is 1. The summed E-state index contributed by atoms with van der Waals surface area (Å²) in [6.07, 6.45) is 1.74. The molecule has 0 bridgehead atoms. The number of nitrogens with zero attached hydrogens (tertiary/aromatic N) is 3. The minimum atomic E-state index is -0.313. The number of hydrogen-bond acceptors (Lipinski definition) is 6. The van der Waals surface area contributed by atoms with Crippen LogP contribution >= 0.6 is 22.9 Å². The Morgan fingerprint density at radius 2 is 1.75 bits per heavy atom. The lowest BCUT2D eigenvalue weighted by Gasteiger charge is -2.31. The van der Waals surface area contributed by atoms with E-state index in [1.807, 2.05) is 0 Å². The summed E-state index contributed by atoms with van der Waals surface area (Å²) in [6.45, 7) is 1.19. The molecule has 0 saturated carbocycles. The molecule has 0 unspecified atom stereocenters. The average Bonchev–Trinajstić information content (AvgIpc) is 3.32. The number of methoxy groups -OCH3 is 1. The van der Waals surface area contributed by atoms with E-state index in [0.717, 1.165) is 17.8 Å². The molecule has 10 heteroatoms. The highest BCUT2D eigenvalue weighted by atomic mass is 35.5. The minimum Gasteiger partial charge on any atom is -0.497 e. The van der Waals surface area contributed by atoms with Crippen LogP contribution in [0, 0.1) is 0 Å². The first-order valence-electron chi connectivity index (χ1n) is 10.1. The van der Waals surface area contributed by atoms with Crippen molar-refractivity contribution in [2.45, 2.75) is 18.8 Å². The van der Waals surface area contributed by atoms with E-state index in [1.165, 1.54) is 11.3 Å². The Bertz CT molecular complexity index is 1090. The van der Waals surface area contributed by atoms with Crippen LogP contribution in [0.15, 0.2) is 48.5 Å². The standard InChI is InChI=1S/C22H22ClN5O3S/c1-31-18-10-8-16(9-11-18)24-19(29)21-27-26-20(32-21)14-3-2-12-28(13-14)22(30)25-17-6-4-15(23)5-7-17/h4-11,14H,2-3,12-13H2,1H3,(H,24,29)(H,25,30)/t14-/m1/s1. The van der Waals surface area contributed by atoms with E-state index >= 15 is 0 Å². The Kier molecular flexibility index (Phi) is 6.87. The summed E-state index contributed by atoms with van der Waals surface area (Å²) in [5.41, 5.74) is 1.34. The SMILES string of the molecule is COc1ccc(NC(=O)c2nnc([C@@H]3CCCN(C(=O)Nc4ccc(Cl)cc4)C3)s2)cc1. The molecule has 166 valence electrons. The summed E-state index contributed by atoms with van der Waals surface area (Å²) in [6, 6.07) is 13.9. The van der Waals surface area contributed by atoms with E-state index in [2.05, 4.69) is 20.8 Å². The van der Waals surface area contributed by atoms with Crippen molar-refractivity contribution in [3.05, 3.63) is 63.6 Å². The minimum absolute atomic E-state index is 0.0414. The smallest absolute Gasteiger partial charge is 0.321 e. The summed E-state index contributed by atoms with van der Waals surface area (Å²) in [5, 5.41) is 15.7. The molecule has 0 radical (unpaired) electrons. The Morgan fingerprint density at radius 1 is 1.06 bits per heavy atom. The first kappa shape index (κ1) is 22.0. The number of piperidine rings is 1. The first-order chi connectivity index (χ1) is 15.5. The van der Waals surface area contributed by atoms with Crippen molar-refractivity contribution in [2.75, 3.05) is 30.8 Å². The first-order valence-corrected chi connectivity index (χ1v) is 11.3. The summed E-state index contributed by atoms with van der Waals surface area (Å²) >= 11 is 7.16. The summed E-state index contributed by atoms with van der Waals surface area (Å²) < 4.78 is 5.12. The number of urea groups is 1. The van der Waals surface area contributed by atoms with Gasteiger partial charge < -0.3 is 20.3 Å². The monoisotopic (exact) mass is 471 g/mol. The molecule has 32 heavy (non-hydrogen) atoms. The van der Waals surface area contributed by atoms with Gasteiger partial charge in [-0.3, -0.25) is 4.79 Å². The van der Waals surface area contributed by atoms with Crippen molar-refractivity contribution in [3.63, 3.8) is 0 Å². The maximum Gasteiger partial charge on any atom is 0.321 e. The number of nitrogens with one attached hydrogen (secondary N) is 2. The van der Waals surface area contributed by atoms with Crippen LogP contribution in [0.4, 0.5) is 16.2 Å². The lowest BCUT2D eigenvalue weighted by molar-refractivity contribution is 0.102. The quantitative estimate of drug-likeness (QED) is 0.553. The van der Waals surface area contributed by atoms with Crippen LogP contribution in [0.1, 0.15) is 33.6 Å². The number of hydrogen-bond donors (Lipinski definition) is 2. The van der Waals surface area contributed by atoms with Gasteiger partial charge in [-0.05, 0) is 61.4 Å². The van der Waals surface area contributed by atoms with Crippen molar-refractivity contribution >= 4 is 46.3 Å². The number of likely N-dealkylation sites (tertiary alicyclic amines) is 1. The van der Waals surface area contributed by atoms with Crippen molar-refractivity contribution < 1.29 is 14.3 Å². The molecule has 8 nitrogen and oxygen atoms in total. The highest BCUT2D eigenvalue weighted by Crippen LogP contribution is 2.30. The lowest BCUT2D eigenvalue weighted by atomic mass is 9.99. The number of carbonyl (C=O) groups is 2. The van der Waals surface area contributed by atoms with E-state index in [4.69, 9.17) is 16.3 Å². The van der Waals surface area contributed by atoms with Crippen molar-refractivity contribution in [2.24, 2.45) is 0 Å². The molecule has 2 heterocycles. The molecule has 3 aromatic rings. The molecule has 1 aromatic heterocycles. The molecular weight excluding hydrogens is 450 g/mol. The van der Waals surface area contributed by atoms with Crippen LogP contribution in [0.3, 0.4) is 0 Å². The Balaban J connectivity index is 1.36. The number of amides is 3. The molecule has 3 amide bonds. The van der Waals surface area contributed by atoms with E-state index in [0.29, 0.717) is 40.2 Å². The lowest BCUT2D eigenvalue weighted by Crippen LogP contribution is -2.41. The zero-order valence-corrected chi connectivity index (χ0v) is 18.9. The third-order valence-corrected chi connectivity index (χ3v) is 6.47. The Labute approximate surface area is 194 Å². The number of carbonyl (C=O) groups excluding carboxylic acids is 2. The number of anilines is 2. The molecular formula is C22H22ClN5O3S. The van der Waals surface area contributed by atoms with Crippen molar-refractivity contribution in [3.8, 4) is 5.75 Å². The van der Waals surface area contributed by atoms with Crippen LogP contribution in [0.2, 0.25) is 5.02 Å². The van der Waals surface area contributed by atoms with Gasteiger partial charge in [-0.25, -0.2) is 4.79 Å². The van der Waals surface area contributed by atoms with E-state index < -0.39 is 0 Å². The van der Waals surface area contributed by atoms with Gasteiger partial charge in [-0.2, -0.15) is 0 Å². The molecule has 0 spiro atoms. The number of rotatable bonds is 5. The largest absolute Gasteiger partial charge is 0.497 e. The molecule has 1 saturated heterocycles. The predicted octanol–water partition coefficient (Wildman–Crippen LogP) is 4.86.